The fourth-order valence-corrected chi connectivity index (χ4v) is 2.02. The van der Waals surface area contributed by atoms with Crippen LogP contribution in [0.5, 0.6) is 0 Å². The highest BCUT2D eigenvalue weighted by atomic mass is 32.2. The third-order valence-electron chi connectivity index (χ3n) is 2.33. The second-order valence-corrected chi connectivity index (χ2v) is 4.05. The fourth-order valence-electron chi connectivity index (χ4n) is 1.59. The SMILES string of the molecule is N#CSCC1=CC(=O)c2ccccc2C1=O. The van der Waals surface area contributed by atoms with Gasteiger partial charge in [-0.05, 0) is 17.8 Å². The molecular formula is C12H7NO2S. The quantitative estimate of drug-likeness (QED) is 0.729. The van der Waals surface area contributed by atoms with Gasteiger partial charge in [-0.25, -0.2) is 0 Å². The molecule has 1 aromatic rings. The number of Topliss-reactive ketones (excluding diaryl/α,β-unsaturated/α-hetero) is 1. The van der Waals surface area contributed by atoms with Crippen molar-refractivity contribution in [3.8, 4) is 5.40 Å². The summed E-state index contributed by atoms with van der Waals surface area (Å²) in [6.07, 6.45) is 1.33. The van der Waals surface area contributed by atoms with Crippen LogP contribution >= 0.6 is 11.8 Å². The fraction of sp³-hybridized carbons (Fsp3) is 0.0833. The third kappa shape index (κ3) is 1.77. The molecule has 0 amide bonds. The van der Waals surface area contributed by atoms with Crippen molar-refractivity contribution in [2.24, 2.45) is 0 Å². The Morgan fingerprint density at radius 3 is 2.56 bits per heavy atom. The second-order valence-electron chi connectivity index (χ2n) is 3.29. The van der Waals surface area contributed by atoms with Crippen molar-refractivity contribution in [3.05, 3.63) is 47.0 Å². The molecule has 1 aliphatic carbocycles. The summed E-state index contributed by atoms with van der Waals surface area (Å²) in [5, 5.41) is 10.3. The molecule has 0 atom stereocenters. The summed E-state index contributed by atoms with van der Waals surface area (Å²) in [6, 6.07) is 6.73. The molecule has 0 aromatic heterocycles. The van der Waals surface area contributed by atoms with E-state index in [9.17, 15) is 9.59 Å². The summed E-state index contributed by atoms with van der Waals surface area (Å²) in [6.45, 7) is 0. The molecule has 0 aliphatic heterocycles. The van der Waals surface area contributed by atoms with Crippen LogP contribution in [-0.4, -0.2) is 17.3 Å². The molecular weight excluding hydrogens is 222 g/mol. The molecule has 0 fully saturated rings. The zero-order valence-corrected chi connectivity index (χ0v) is 9.08. The Kier molecular flexibility index (Phi) is 2.88. The average Bonchev–Trinajstić information content (AvgIpc) is 2.32. The van der Waals surface area contributed by atoms with Gasteiger partial charge in [-0.2, -0.15) is 5.26 Å². The van der Waals surface area contributed by atoms with Gasteiger partial charge in [0.25, 0.3) is 0 Å². The minimum atomic E-state index is -0.163. The molecule has 0 bridgehead atoms. The molecule has 16 heavy (non-hydrogen) atoms. The number of carbonyl (C=O) groups is 2. The lowest BCUT2D eigenvalue weighted by Crippen LogP contribution is -2.17. The number of nitrogens with zero attached hydrogens (tertiary/aromatic N) is 1. The van der Waals surface area contributed by atoms with E-state index in [2.05, 4.69) is 0 Å². The van der Waals surface area contributed by atoms with Crippen LogP contribution in [0.3, 0.4) is 0 Å². The van der Waals surface area contributed by atoms with Crippen molar-refractivity contribution in [1.82, 2.24) is 0 Å². The first-order chi connectivity index (χ1) is 7.74. The van der Waals surface area contributed by atoms with Gasteiger partial charge in [0.2, 0.25) is 0 Å². The number of rotatable bonds is 2. The lowest BCUT2D eigenvalue weighted by molar-refractivity contribution is 0.0985. The van der Waals surface area contributed by atoms with Crippen LogP contribution in [0, 0.1) is 10.7 Å². The highest BCUT2D eigenvalue weighted by molar-refractivity contribution is 8.03. The number of fused-ring (bicyclic) bond motifs is 1. The van der Waals surface area contributed by atoms with Gasteiger partial charge >= 0.3 is 0 Å². The smallest absolute Gasteiger partial charge is 0.190 e. The summed E-state index contributed by atoms with van der Waals surface area (Å²) in [7, 11) is 0. The van der Waals surface area contributed by atoms with E-state index in [1.807, 2.05) is 5.40 Å². The zero-order chi connectivity index (χ0) is 11.5. The lowest BCUT2D eigenvalue weighted by atomic mass is 9.90. The highest BCUT2D eigenvalue weighted by Crippen LogP contribution is 2.22. The van der Waals surface area contributed by atoms with Crippen molar-refractivity contribution in [3.63, 3.8) is 0 Å². The van der Waals surface area contributed by atoms with Gasteiger partial charge in [0.1, 0.15) is 5.40 Å². The van der Waals surface area contributed by atoms with Gasteiger partial charge in [-0.3, -0.25) is 9.59 Å². The number of carbonyl (C=O) groups excluding carboxylic acids is 2. The van der Waals surface area contributed by atoms with Crippen LogP contribution in [0.2, 0.25) is 0 Å². The molecule has 0 unspecified atom stereocenters. The van der Waals surface area contributed by atoms with E-state index >= 15 is 0 Å². The van der Waals surface area contributed by atoms with Gasteiger partial charge in [0, 0.05) is 22.5 Å². The Morgan fingerprint density at radius 2 is 1.88 bits per heavy atom. The van der Waals surface area contributed by atoms with Gasteiger partial charge in [-0.1, -0.05) is 24.3 Å². The number of ketones is 2. The van der Waals surface area contributed by atoms with E-state index < -0.39 is 0 Å². The van der Waals surface area contributed by atoms with Crippen molar-refractivity contribution in [1.29, 1.82) is 5.26 Å². The van der Waals surface area contributed by atoms with Gasteiger partial charge in [0.15, 0.2) is 11.6 Å². The Labute approximate surface area is 96.8 Å². The summed E-state index contributed by atoms with van der Waals surface area (Å²) >= 11 is 0.959. The molecule has 3 nitrogen and oxygen atoms in total. The Morgan fingerprint density at radius 1 is 1.19 bits per heavy atom. The Bertz CT molecular complexity index is 540. The first kappa shape index (κ1) is 10.7. The van der Waals surface area contributed by atoms with Gasteiger partial charge < -0.3 is 0 Å². The molecule has 0 saturated heterocycles. The van der Waals surface area contributed by atoms with E-state index in [0.29, 0.717) is 16.7 Å². The summed E-state index contributed by atoms with van der Waals surface area (Å²) in [5.74, 6) is -0.0585. The topological polar surface area (TPSA) is 57.9 Å². The number of benzene rings is 1. The standard InChI is InChI=1S/C12H7NO2S/c13-7-16-6-8-5-11(14)9-3-1-2-4-10(9)12(8)15/h1-5H,6H2. The van der Waals surface area contributed by atoms with Crippen LogP contribution < -0.4 is 0 Å². The van der Waals surface area contributed by atoms with Crippen LogP contribution in [0.25, 0.3) is 0 Å². The molecule has 2 rings (SSSR count). The van der Waals surface area contributed by atoms with Crippen LogP contribution in [0.15, 0.2) is 35.9 Å². The van der Waals surface area contributed by atoms with E-state index in [-0.39, 0.29) is 17.3 Å². The molecule has 1 aromatic carbocycles. The largest absolute Gasteiger partial charge is 0.289 e. The van der Waals surface area contributed by atoms with Crippen molar-refractivity contribution < 1.29 is 9.59 Å². The molecule has 4 heteroatoms. The molecule has 0 heterocycles. The van der Waals surface area contributed by atoms with Crippen LogP contribution in [0.4, 0.5) is 0 Å². The van der Waals surface area contributed by atoms with Gasteiger partial charge in [-0.15, -0.1) is 0 Å². The molecule has 1 aliphatic rings. The van der Waals surface area contributed by atoms with E-state index in [4.69, 9.17) is 5.26 Å². The Hall–Kier alpha value is -1.86. The number of allylic oxidation sites excluding steroid dienone is 1. The minimum absolute atomic E-state index is 0.155. The van der Waals surface area contributed by atoms with E-state index in [1.165, 1.54) is 6.08 Å². The van der Waals surface area contributed by atoms with Crippen molar-refractivity contribution >= 4 is 23.3 Å². The number of nitriles is 1. The maximum atomic E-state index is 11.9. The first-order valence-corrected chi connectivity index (χ1v) is 5.62. The average molecular weight is 229 g/mol. The lowest BCUT2D eigenvalue weighted by Gasteiger charge is -2.13. The van der Waals surface area contributed by atoms with Crippen molar-refractivity contribution in [2.45, 2.75) is 0 Å². The van der Waals surface area contributed by atoms with E-state index in [0.717, 1.165) is 11.8 Å². The first-order valence-electron chi connectivity index (χ1n) is 4.63. The predicted octanol–water partition coefficient (Wildman–Crippen LogP) is 2.21. The van der Waals surface area contributed by atoms with Crippen LogP contribution in [0.1, 0.15) is 20.7 Å². The normalized spacial score (nSPS) is 14.1. The third-order valence-corrected chi connectivity index (χ3v) is 2.91. The number of hydrogen-bond donors (Lipinski definition) is 0. The van der Waals surface area contributed by atoms with E-state index in [1.54, 1.807) is 24.3 Å². The highest BCUT2D eigenvalue weighted by Gasteiger charge is 2.24. The van der Waals surface area contributed by atoms with Gasteiger partial charge in [0.05, 0.1) is 0 Å². The summed E-state index contributed by atoms with van der Waals surface area (Å²) in [5.41, 5.74) is 1.27. The minimum Gasteiger partial charge on any atom is -0.289 e. The summed E-state index contributed by atoms with van der Waals surface area (Å²) in [4.78, 5) is 23.6. The Balaban J connectivity index is 2.40. The molecule has 0 N–H and O–H groups in total. The van der Waals surface area contributed by atoms with Crippen LogP contribution in [-0.2, 0) is 0 Å². The predicted molar refractivity (Wildman–Crippen MR) is 61.3 cm³/mol. The second kappa shape index (κ2) is 4.33. The zero-order valence-electron chi connectivity index (χ0n) is 8.27. The monoisotopic (exact) mass is 229 g/mol. The maximum Gasteiger partial charge on any atom is 0.190 e. The number of thiocyanates is 1. The maximum absolute atomic E-state index is 11.9. The summed E-state index contributed by atoms with van der Waals surface area (Å²) < 4.78 is 0. The number of thioether (sulfide) groups is 1. The molecule has 0 radical (unpaired) electrons. The van der Waals surface area contributed by atoms with Crippen molar-refractivity contribution in [2.75, 3.05) is 5.75 Å². The molecule has 0 spiro atoms. The number of hydrogen-bond acceptors (Lipinski definition) is 4. The molecule has 0 saturated carbocycles. The molecule has 78 valence electrons.